The molecule has 1 saturated carbocycles. The molecule has 0 heterocycles. The van der Waals surface area contributed by atoms with Crippen LogP contribution in [-0.2, 0) is 9.05 Å². The Labute approximate surface area is 135 Å². The van der Waals surface area contributed by atoms with E-state index in [1.165, 1.54) is 12.1 Å². The topological polar surface area (TPSA) is 63.2 Å². The Morgan fingerprint density at radius 2 is 2.00 bits per heavy atom. The van der Waals surface area contributed by atoms with Gasteiger partial charge in [-0.15, -0.1) is 0 Å². The lowest BCUT2D eigenvalue weighted by atomic mass is 10.1. The van der Waals surface area contributed by atoms with Gasteiger partial charge in [-0.25, -0.2) is 8.42 Å². The Morgan fingerprint density at radius 3 is 2.45 bits per heavy atom. The lowest BCUT2D eigenvalue weighted by Gasteiger charge is -2.10. The Kier molecular flexibility index (Phi) is 4.15. The fraction of sp³-hybridized carbons (Fsp3) is 0.417. The van der Waals surface area contributed by atoms with Crippen LogP contribution in [0.5, 0.6) is 0 Å². The Balaban J connectivity index is 2.37. The Morgan fingerprint density at radius 1 is 1.45 bits per heavy atom. The third kappa shape index (κ3) is 3.30. The number of halogens is 3. The quantitative estimate of drug-likeness (QED) is 0.789. The van der Waals surface area contributed by atoms with E-state index >= 15 is 0 Å². The first-order valence-electron chi connectivity index (χ1n) is 5.77. The Bertz CT molecular complexity index is 688. The summed E-state index contributed by atoms with van der Waals surface area (Å²) >= 11 is 9.14. The van der Waals surface area contributed by atoms with E-state index in [-0.39, 0.29) is 26.9 Å². The number of carbonyl (C=O) groups is 1. The minimum Gasteiger partial charge on any atom is -0.349 e. The average Bonchev–Trinajstić information content (AvgIpc) is 2.87. The monoisotopic (exact) mass is 399 g/mol. The molecule has 2 rings (SSSR count). The number of nitrogens with one attached hydrogen (secondary N) is 1. The summed E-state index contributed by atoms with van der Waals surface area (Å²) in [6.45, 7) is 4.07. The molecule has 0 spiro atoms. The minimum absolute atomic E-state index is 0.0650. The van der Waals surface area contributed by atoms with Crippen molar-refractivity contribution >= 4 is 53.2 Å². The number of rotatable bonds is 3. The lowest BCUT2D eigenvalue weighted by molar-refractivity contribution is 0.0946. The summed E-state index contributed by atoms with van der Waals surface area (Å²) in [7, 11) is 1.29. The summed E-state index contributed by atoms with van der Waals surface area (Å²) in [5.41, 5.74) is 0.151. The minimum atomic E-state index is -4.02. The van der Waals surface area contributed by atoms with Crippen LogP contribution >= 0.6 is 38.2 Å². The molecule has 110 valence electrons. The van der Waals surface area contributed by atoms with Gasteiger partial charge in [-0.05, 0) is 24.0 Å². The molecule has 1 amide bonds. The smallest absolute Gasteiger partial charge is 0.262 e. The van der Waals surface area contributed by atoms with Crippen LogP contribution < -0.4 is 5.32 Å². The van der Waals surface area contributed by atoms with Gasteiger partial charge >= 0.3 is 0 Å². The van der Waals surface area contributed by atoms with E-state index in [2.05, 4.69) is 21.2 Å². The third-order valence-electron chi connectivity index (χ3n) is 3.33. The van der Waals surface area contributed by atoms with Gasteiger partial charge in [0.1, 0.15) is 4.90 Å². The second-order valence-corrected chi connectivity index (χ2v) is 9.25. The van der Waals surface area contributed by atoms with Crippen LogP contribution in [0, 0.1) is 5.41 Å². The number of carbonyl (C=O) groups excluding carboxylic acids is 1. The van der Waals surface area contributed by atoms with Crippen LogP contribution in [0.4, 0.5) is 0 Å². The molecule has 1 aliphatic rings. The molecular weight excluding hydrogens is 389 g/mol. The van der Waals surface area contributed by atoms with Gasteiger partial charge < -0.3 is 5.32 Å². The van der Waals surface area contributed by atoms with Gasteiger partial charge in [0.15, 0.2) is 0 Å². The van der Waals surface area contributed by atoms with Gasteiger partial charge in [-0.3, -0.25) is 4.79 Å². The van der Waals surface area contributed by atoms with E-state index in [1.807, 2.05) is 13.8 Å². The number of amides is 1. The van der Waals surface area contributed by atoms with Crippen molar-refractivity contribution in [2.75, 3.05) is 0 Å². The maximum atomic E-state index is 12.2. The van der Waals surface area contributed by atoms with Crippen LogP contribution in [0.2, 0.25) is 5.02 Å². The summed E-state index contributed by atoms with van der Waals surface area (Å²) in [6.07, 6.45) is 0.880. The standard InChI is InChI=1S/C12H12BrCl2NO3S/c1-12(2)5-9(12)16-11(17)7-3-6(13)4-8(10(7)14)20(15,18)19/h3-4,9H,5H2,1-2H3,(H,16,17). The van der Waals surface area contributed by atoms with Gasteiger partial charge in [0.2, 0.25) is 0 Å². The molecule has 1 aromatic rings. The summed E-state index contributed by atoms with van der Waals surface area (Å²) in [5.74, 6) is -0.409. The molecule has 0 saturated heterocycles. The van der Waals surface area contributed by atoms with Crippen molar-refractivity contribution in [3.63, 3.8) is 0 Å². The third-order valence-corrected chi connectivity index (χ3v) is 5.65. The molecule has 1 aliphatic carbocycles. The summed E-state index contributed by atoms with van der Waals surface area (Å²) in [5, 5.41) is 2.66. The van der Waals surface area contributed by atoms with E-state index in [0.29, 0.717) is 4.47 Å². The first-order chi connectivity index (χ1) is 9.02. The highest BCUT2D eigenvalue weighted by molar-refractivity contribution is 9.10. The fourth-order valence-corrected chi connectivity index (χ4v) is 4.04. The van der Waals surface area contributed by atoms with Gasteiger partial charge in [0.05, 0.1) is 10.6 Å². The van der Waals surface area contributed by atoms with E-state index in [0.717, 1.165) is 6.42 Å². The molecule has 20 heavy (non-hydrogen) atoms. The zero-order valence-electron chi connectivity index (χ0n) is 10.7. The van der Waals surface area contributed by atoms with Crippen molar-refractivity contribution < 1.29 is 13.2 Å². The fourth-order valence-electron chi connectivity index (χ4n) is 1.86. The zero-order chi connectivity index (χ0) is 15.3. The van der Waals surface area contributed by atoms with E-state index in [4.69, 9.17) is 22.3 Å². The van der Waals surface area contributed by atoms with Crippen molar-refractivity contribution in [2.24, 2.45) is 5.41 Å². The predicted octanol–water partition coefficient (Wildman–Crippen LogP) is 3.56. The lowest BCUT2D eigenvalue weighted by Crippen LogP contribution is -2.28. The van der Waals surface area contributed by atoms with Crippen molar-refractivity contribution in [2.45, 2.75) is 31.2 Å². The van der Waals surface area contributed by atoms with E-state index < -0.39 is 15.0 Å². The molecule has 0 radical (unpaired) electrons. The molecule has 0 aromatic heterocycles. The average molecular weight is 401 g/mol. The zero-order valence-corrected chi connectivity index (χ0v) is 14.6. The number of benzene rings is 1. The van der Waals surface area contributed by atoms with Crippen LogP contribution in [0.25, 0.3) is 0 Å². The number of hydrogen-bond donors (Lipinski definition) is 1. The molecular formula is C12H12BrCl2NO3S. The van der Waals surface area contributed by atoms with Crippen molar-refractivity contribution in [3.8, 4) is 0 Å². The second-order valence-electron chi connectivity index (χ2n) is 5.42. The first-order valence-corrected chi connectivity index (χ1v) is 9.25. The molecule has 8 heteroatoms. The maximum absolute atomic E-state index is 12.2. The predicted molar refractivity (Wildman–Crippen MR) is 81.8 cm³/mol. The Hall–Kier alpha value is -0.300. The molecule has 1 unspecified atom stereocenters. The van der Waals surface area contributed by atoms with Crippen molar-refractivity contribution in [1.29, 1.82) is 0 Å². The summed E-state index contributed by atoms with van der Waals surface area (Å²) in [6, 6.07) is 2.81. The molecule has 1 N–H and O–H groups in total. The number of hydrogen-bond acceptors (Lipinski definition) is 3. The molecule has 1 atom stereocenters. The first kappa shape index (κ1) is 16.1. The highest BCUT2D eigenvalue weighted by Crippen LogP contribution is 2.45. The highest BCUT2D eigenvalue weighted by atomic mass is 79.9. The van der Waals surface area contributed by atoms with Crippen molar-refractivity contribution in [1.82, 2.24) is 5.32 Å². The molecule has 0 bridgehead atoms. The van der Waals surface area contributed by atoms with Crippen LogP contribution in [0.15, 0.2) is 21.5 Å². The summed E-state index contributed by atoms with van der Waals surface area (Å²) in [4.78, 5) is 11.9. The molecule has 0 aliphatic heterocycles. The van der Waals surface area contributed by atoms with Crippen LogP contribution in [0.1, 0.15) is 30.6 Å². The van der Waals surface area contributed by atoms with E-state index in [9.17, 15) is 13.2 Å². The molecule has 4 nitrogen and oxygen atoms in total. The molecule has 1 aromatic carbocycles. The second kappa shape index (κ2) is 5.16. The van der Waals surface area contributed by atoms with Crippen molar-refractivity contribution in [3.05, 3.63) is 27.2 Å². The van der Waals surface area contributed by atoms with Gasteiger partial charge in [-0.1, -0.05) is 41.4 Å². The highest BCUT2D eigenvalue weighted by Gasteiger charge is 2.46. The SMILES string of the molecule is CC1(C)CC1NC(=O)c1cc(Br)cc(S(=O)(=O)Cl)c1Cl. The maximum Gasteiger partial charge on any atom is 0.262 e. The normalized spacial score (nSPS) is 20.6. The summed E-state index contributed by atoms with van der Waals surface area (Å²) < 4.78 is 23.3. The van der Waals surface area contributed by atoms with Gasteiger partial charge in [0, 0.05) is 21.2 Å². The van der Waals surface area contributed by atoms with Gasteiger partial charge in [-0.2, -0.15) is 0 Å². The van der Waals surface area contributed by atoms with Crippen LogP contribution in [0.3, 0.4) is 0 Å². The van der Waals surface area contributed by atoms with Crippen LogP contribution in [-0.4, -0.2) is 20.4 Å². The van der Waals surface area contributed by atoms with Gasteiger partial charge in [0.25, 0.3) is 15.0 Å². The van der Waals surface area contributed by atoms with E-state index in [1.54, 1.807) is 0 Å². The largest absolute Gasteiger partial charge is 0.349 e. The molecule has 1 fully saturated rings.